The summed E-state index contributed by atoms with van der Waals surface area (Å²) in [5.74, 6) is 2.87. The van der Waals surface area contributed by atoms with Crippen LogP contribution in [0, 0.1) is 11.6 Å². The molecule has 17 aromatic rings. The van der Waals surface area contributed by atoms with Crippen LogP contribution in [0.15, 0.2) is 210 Å². The number of aryl methyl sites for hydroxylation is 4. The first-order valence-electron chi connectivity index (χ1n) is 42.2. The molecule has 0 saturated carbocycles. The number of fused-ring (bicyclic) bond motifs is 8. The Balaban J connectivity index is 0.000000233. The summed E-state index contributed by atoms with van der Waals surface area (Å²) in [5, 5.41) is 10.5. The van der Waals surface area contributed by atoms with E-state index in [9.17, 15) is 66.7 Å². The maximum atomic E-state index is 13.5. The fraction of sp³-hybridized carbons (Fsp3) is 0.273. The van der Waals surface area contributed by atoms with Crippen molar-refractivity contribution in [2.75, 3.05) is 51.3 Å². The Hall–Kier alpha value is -8.94. The van der Waals surface area contributed by atoms with Crippen molar-refractivity contribution in [3.63, 3.8) is 0 Å². The Morgan fingerprint density at radius 3 is 1.27 bits per heavy atom. The van der Waals surface area contributed by atoms with Gasteiger partial charge in [0.1, 0.15) is 40.7 Å². The number of nitrogens with one attached hydrogen (secondary N) is 1. The van der Waals surface area contributed by atoms with E-state index in [0.717, 1.165) is 85.4 Å². The maximum Gasteiger partial charge on any atom is 1.00 e. The summed E-state index contributed by atoms with van der Waals surface area (Å²) in [4.78, 5) is 89.0. The molecule has 2 N–H and O–H groups in total. The summed E-state index contributed by atoms with van der Waals surface area (Å²) in [7, 11) is 0.101. The number of H-pyrrole nitrogens is 1. The summed E-state index contributed by atoms with van der Waals surface area (Å²) in [5.41, 5.74) is 9.98. The van der Waals surface area contributed by atoms with E-state index in [1.54, 1.807) is 76.7 Å². The first-order chi connectivity index (χ1) is 65.8. The van der Waals surface area contributed by atoms with Gasteiger partial charge in [0.25, 0.3) is 0 Å². The molecule has 0 fully saturated rings. The number of nitrogens with zero attached hydrogens (tertiary/aromatic N) is 18. The van der Waals surface area contributed by atoms with Crippen molar-refractivity contribution in [3.05, 3.63) is 287 Å². The first-order valence-corrected chi connectivity index (χ1v) is 53.4. The van der Waals surface area contributed by atoms with Crippen LogP contribution in [0.2, 0.25) is 20.1 Å². The molecule has 29 nitrogen and oxygen atoms in total. The van der Waals surface area contributed by atoms with Crippen molar-refractivity contribution < 1.29 is 94.4 Å². The SMILES string of the molecule is CS(=O)(=O)n1c(=O)[nH]c2cnccc21.CS(=O)(=O)n1c(=O)n(Cc2nc3cc(Cl)ccc3n2CCCCF)c2cnccc21.Cl.Cl.FCCCCn1c(CCl)nc2cc(Cl)ccc21.O=C1Cc2ccncc2N1Cc1nc2cc(Cl)ccc2n1CCCCF.O=c1n(Cc2nc3cc(Cl)ccc3n2CCCCF)c2cnccc2n1-c1ccc(F)cc1.O[B]Oc1ccc(F)cc1.PP(P)P.[2H]CF.[H-].[Na+]. The molecule has 3 atom stereocenters. The average Bonchev–Trinajstić information content (AvgIpc) is 1.60. The molecule has 0 aliphatic carbocycles. The molecule has 3 unspecified atom stereocenters. The number of aromatic nitrogens is 18. The van der Waals surface area contributed by atoms with Crippen molar-refractivity contribution in [3.8, 4) is 11.4 Å². The number of pyridine rings is 4. The summed E-state index contributed by atoms with van der Waals surface area (Å²) >= 11 is 30.1. The molecule has 6 aromatic carbocycles. The van der Waals surface area contributed by atoms with Crippen molar-refractivity contribution in [1.29, 1.82) is 0 Å². The van der Waals surface area contributed by atoms with Gasteiger partial charge in [0.2, 0.25) is 26.0 Å². The van der Waals surface area contributed by atoms with E-state index >= 15 is 0 Å². The zero-order valence-corrected chi connectivity index (χ0v) is 88.0. The number of anilines is 1. The number of halogens is 14. The Morgan fingerprint density at radius 1 is 0.482 bits per heavy atom. The van der Waals surface area contributed by atoms with Gasteiger partial charge in [0, 0.05) is 71.1 Å². The molecular formula is C88H94BCl7F7N19NaO10P4S2. The third-order valence-electron chi connectivity index (χ3n) is 20.7. The Morgan fingerprint density at radius 2 is 0.849 bits per heavy atom. The molecule has 51 heteroatoms. The minimum atomic E-state index is -3.82. The number of hydrogen-bond acceptors (Lipinski definition) is 18. The van der Waals surface area contributed by atoms with Crippen LogP contribution in [0.25, 0.3) is 82.9 Å². The number of benzene rings is 6. The summed E-state index contributed by atoms with van der Waals surface area (Å²) < 4.78 is 157. The Labute approximate surface area is 864 Å². The van der Waals surface area contributed by atoms with Gasteiger partial charge in [-0.15, -0.1) is 63.2 Å². The van der Waals surface area contributed by atoms with Crippen LogP contribution in [-0.2, 0) is 83.0 Å². The second-order valence-electron chi connectivity index (χ2n) is 29.9. The number of aromatic amines is 1. The van der Waals surface area contributed by atoms with Gasteiger partial charge >= 0.3 is 54.3 Å². The van der Waals surface area contributed by atoms with E-state index in [-0.39, 0.29) is 125 Å². The quantitative estimate of drug-likeness (QED) is 0.0151. The summed E-state index contributed by atoms with van der Waals surface area (Å²) in [6, 6.07) is 39.5. The number of amides is 1. The molecule has 0 spiro atoms. The van der Waals surface area contributed by atoms with Crippen molar-refractivity contribution in [2.24, 2.45) is 0 Å². The molecule has 11 aromatic heterocycles. The minimum absolute atomic E-state index is 0. The number of alkyl halides is 6. The fourth-order valence-corrected chi connectivity index (χ4v) is 17.4. The standard InChI is InChI=1S/C24H20ClF2N5O.C19H19ClFN5O3S.C19H18ClFN4O.C12H13Cl2FN2.C7H7N3O3S.C6H5BFO2.CH3F.2ClH.Na.H6P4.H/c25-16-3-8-20-19(13-16)29-23(30(20)12-2-1-10-26)15-31-22-14-28-11-9-21(22)32(24(31)33)18-6-4-17(27)5-7-18;1-30(28,29)26-16-6-8-22-11-17(16)25(19(26)27)12-18-23-14-10-13(20)4-5-15(14)24(18)9-3-2-7-21;20-14-3-4-16-15(10-14)23-18(24(16)8-2-1-6-21)12-25-17-11-22-7-5-13(17)9-19(25)26;13-8-12-16-10-7-9(14)3-4-11(10)17(12)6-2-1-5-15;1-14(12,13)10-6-2-3-8-4-5(6)9-7(10)11;8-5-1-3-6(4-2-5)10-7-9;1-2;;;;1-4(2)3;/h3-9,11,13-14H,1-2,10,12,15H2;4-6,8,10-11H,2-3,7,9,12H2,1H3;3-5,7,10-11H,1-2,6,8-9,12H2;3-4,7H,1-2,5-6,8H2;2-4H,1H3,(H,9,11);1-4,9H;1H3;2*1H;;1-3H2;/q;;;;;;;;;+1;;-1/i;;;;;;1D;;;;;. The molecule has 12 heterocycles. The Bertz CT molecular complexity index is 7480. The van der Waals surface area contributed by atoms with Gasteiger partial charge in [0.05, 0.1) is 193 Å². The smallest absolute Gasteiger partial charge is 1.00 e. The van der Waals surface area contributed by atoms with Crippen LogP contribution in [0.1, 0.15) is 83.0 Å². The molecule has 1 amide bonds. The van der Waals surface area contributed by atoms with E-state index in [1.807, 2.05) is 68.3 Å². The molecule has 139 heavy (non-hydrogen) atoms. The monoisotopic (exact) mass is 2180 g/mol. The number of imidazole rings is 7. The second kappa shape index (κ2) is 55.1. The number of carbonyl (C=O) groups excluding carboxylic acids is 1. The molecule has 0 bridgehead atoms. The van der Waals surface area contributed by atoms with E-state index in [4.69, 9.17) is 74.4 Å². The molecular weight excluding hydrogens is 2090 g/mol. The van der Waals surface area contributed by atoms with Crippen LogP contribution in [-0.4, -0.2) is 167 Å². The van der Waals surface area contributed by atoms with Gasteiger partial charge in [-0.25, -0.2) is 59.9 Å². The molecule has 1 aliphatic rings. The number of rotatable bonds is 28. The molecule has 1 aliphatic heterocycles. The van der Waals surface area contributed by atoms with Gasteiger partial charge in [-0.3, -0.25) is 60.4 Å². The minimum Gasteiger partial charge on any atom is -1.00 e. The van der Waals surface area contributed by atoms with Crippen molar-refractivity contribution in [1.82, 2.24) is 84.8 Å². The normalized spacial score (nSPS) is 11.6. The maximum absolute atomic E-state index is 13.5. The second-order valence-corrected chi connectivity index (χ2v) is 47.2. The fourth-order valence-electron chi connectivity index (χ4n) is 14.8. The number of hydrogen-bond donors (Lipinski definition) is 2. The van der Waals surface area contributed by atoms with Crippen LogP contribution >= 0.6 is 117 Å². The van der Waals surface area contributed by atoms with Gasteiger partial charge in [-0.1, -0.05) is 46.4 Å². The van der Waals surface area contributed by atoms with Gasteiger partial charge in [-0.2, -0.15) is 7.94 Å². The molecule has 1 radical (unpaired) electrons. The van der Waals surface area contributed by atoms with Crippen molar-refractivity contribution in [2.45, 2.75) is 109 Å². The third kappa shape index (κ3) is 29.9. The predicted octanol–water partition coefficient (Wildman–Crippen LogP) is 16.7. The predicted molar refractivity (Wildman–Crippen MR) is 551 cm³/mol. The first kappa shape index (κ1) is 114. The van der Waals surface area contributed by atoms with E-state index in [0.29, 0.717) is 177 Å². The van der Waals surface area contributed by atoms with Crippen LogP contribution in [0.4, 0.5) is 36.4 Å². The topological polar surface area (TPSA) is 333 Å². The van der Waals surface area contributed by atoms with Gasteiger partial charge < -0.3 is 39.3 Å². The zero-order chi connectivity index (χ0) is 98.8. The number of carbonyl (C=O) groups is 1. The Kier molecular flexibility index (Phi) is 45.0. The summed E-state index contributed by atoms with van der Waals surface area (Å²) in [6.45, 7) is 1.77. The van der Waals surface area contributed by atoms with Gasteiger partial charge in [-0.05, 0) is 210 Å². The molecule has 0 saturated heterocycles. The van der Waals surface area contributed by atoms with E-state index < -0.39 is 45.3 Å². The molecule has 735 valence electrons. The van der Waals surface area contributed by atoms with E-state index in [2.05, 4.69) is 70.9 Å². The van der Waals surface area contributed by atoms with Crippen LogP contribution < -0.4 is 56.2 Å². The largest absolute Gasteiger partial charge is 1.00 e. The van der Waals surface area contributed by atoms with Crippen molar-refractivity contribution >= 4 is 233 Å². The van der Waals surface area contributed by atoms with Crippen LogP contribution in [0.3, 0.4) is 0 Å². The van der Waals surface area contributed by atoms with Gasteiger partial charge in [0.15, 0.2) is 0 Å². The third-order valence-corrected chi connectivity index (χ3v) is 23.9. The number of unbranched alkanes of at least 4 members (excludes halogenated alkanes) is 4. The summed E-state index contributed by atoms with van der Waals surface area (Å²) in [6.07, 6.45) is 19.4. The average molecular weight is 2180 g/mol. The molecule has 18 rings (SSSR count). The zero-order valence-electron chi connectivity index (χ0n) is 76.6. The van der Waals surface area contributed by atoms with Crippen LogP contribution in [0.5, 0.6) is 5.75 Å². The van der Waals surface area contributed by atoms with E-state index in [1.165, 1.54) is 82.5 Å².